The largest absolute Gasteiger partial charge is 0.460 e. The Bertz CT molecular complexity index is 248. The van der Waals surface area contributed by atoms with Gasteiger partial charge in [0, 0.05) is 12.5 Å². The van der Waals surface area contributed by atoms with Crippen LogP contribution in [-0.2, 0) is 9.53 Å². The molecule has 15 heavy (non-hydrogen) atoms. The van der Waals surface area contributed by atoms with Gasteiger partial charge in [-0.3, -0.25) is 4.79 Å². The van der Waals surface area contributed by atoms with Gasteiger partial charge in [0.25, 0.3) is 5.92 Å². The summed E-state index contributed by atoms with van der Waals surface area (Å²) in [6.07, 6.45) is -0.279. The Balaban J connectivity index is 2.34. The molecule has 0 spiro atoms. The molecule has 0 aromatic carbocycles. The summed E-state index contributed by atoms with van der Waals surface area (Å²) in [5.41, 5.74) is -0.557. The number of rotatable bonds is 2. The van der Waals surface area contributed by atoms with Crippen molar-refractivity contribution in [1.82, 2.24) is 5.32 Å². The monoisotopic (exact) mass is 221 g/mol. The minimum Gasteiger partial charge on any atom is -0.460 e. The number of hydrogen-bond donors (Lipinski definition) is 1. The maximum atomic E-state index is 12.8. The second kappa shape index (κ2) is 4.04. The van der Waals surface area contributed by atoms with E-state index in [1.807, 2.05) is 0 Å². The van der Waals surface area contributed by atoms with Crippen molar-refractivity contribution in [3.8, 4) is 0 Å². The Morgan fingerprint density at radius 1 is 1.53 bits per heavy atom. The van der Waals surface area contributed by atoms with Crippen LogP contribution in [0.15, 0.2) is 0 Å². The average Bonchev–Trinajstić information content (AvgIpc) is 2.25. The summed E-state index contributed by atoms with van der Waals surface area (Å²) in [6, 6.07) is -0.463. The summed E-state index contributed by atoms with van der Waals surface area (Å²) >= 11 is 0. The number of carbonyl (C=O) groups is 1. The van der Waals surface area contributed by atoms with Gasteiger partial charge in [-0.1, -0.05) is 0 Å². The topological polar surface area (TPSA) is 38.3 Å². The SMILES string of the molecule is CC(C)(C)OC(=O)CC1CC(F)(F)CN1. The molecule has 1 heterocycles. The first kappa shape index (κ1) is 12.4. The summed E-state index contributed by atoms with van der Waals surface area (Å²) in [5.74, 6) is -3.12. The molecule has 0 radical (unpaired) electrons. The molecule has 1 rings (SSSR count). The van der Waals surface area contributed by atoms with Crippen molar-refractivity contribution in [1.29, 1.82) is 0 Å². The maximum absolute atomic E-state index is 12.8. The Morgan fingerprint density at radius 2 is 2.13 bits per heavy atom. The van der Waals surface area contributed by atoms with Crippen molar-refractivity contribution in [2.45, 2.75) is 51.2 Å². The van der Waals surface area contributed by atoms with Crippen LogP contribution in [0.4, 0.5) is 8.78 Å². The molecule has 5 heteroatoms. The van der Waals surface area contributed by atoms with E-state index in [0.717, 1.165) is 0 Å². The molecule has 0 bridgehead atoms. The average molecular weight is 221 g/mol. The second-order valence-corrected chi connectivity index (χ2v) is 4.93. The van der Waals surface area contributed by atoms with Crippen LogP contribution < -0.4 is 5.32 Å². The van der Waals surface area contributed by atoms with Gasteiger partial charge in [-0.15, -0.1) is 0 Å². The van der Waals surface area contributed by atoms with Crippen molar-refractivity contribution < 1.29 is 18.3 Å². The fraction of sp³-hybridized carbons (Fsp3) is 0.900. The molecule has 1 aliphatic heterocycles. The zero-order chi connectivity index (χ0) is 11.7. The van der Waals surface area contributed by atoms with Crippen molar-refractivity contribution >= 4 is 5.97 Å². The lowest BCUT2D eigenvalue weighted by molar-refractivity contribution is -0.155. The van der Waals surface area contributed by atoms with Gasteiger partial charge in [0.05, 0.1) is 13.0 Å². The van der Waals surface area contributed by atoms with Crippen molar-refractivity contribution in [2.75, 3.05) is 6.54 Å². The van der Waals surface area contributed by atoms with Crippen molar-refractivity contribution in [3.63, 3.8) is 0 Å². The number of halogens is 2. The summed E-state index contributed by atoms with van der Waals surface area (Å²) in [4.78, 5) is 11.3. The van der Waals surface area contributed by atoms with Gasteiger partial charge in [0.15, 0.2) is 0 Å². The van der Waals surface area contributed by atoms with E-state index >= 15 is 0 Å². The predicted octanol–water partition coefficient (Wildman–Crippen LogP) is 1.72. The van der Waals surface area contributed by atoms with Gasteiger partial charge in [-0.25, -0.2) is 8.78 Å². The molecule has 0 aliphatic carbocycles. The Kier molecular flexibility index (Phi) is 3.33. The maximum Gasteiger partial charge on any atom is 0.307 e. The zero-order valence-electron chi connectivity index (χ0n) is 9.27. The van der Waals surface area contributed by atoms with Gasteiger partial charge in [-0.05, 0) is 20.8 Å². The van der Waals surface area contributed by atoms with E-state index in [1.165, 1.54) is 0 Å². The minimum atomic E-state index is -2.69. The first-order chi connectivity index (χ1) is 6.68. The van der Waals surface area contributed by atoms with Gasteiger partial charge in [-0.2, -0.15) is 0 Å². The molecule has 1 atom stereocenters. The fourth-order valence-corrected chi connectivity index (χ4v) is 1.53. The zero-order valence-corrected chi connectivity index (χ0v) is 9.27. The Hall–Kier alpha value is -0.710. The second-order valence-electron chi connectivity index (χ2n) is 4.93. The minimum absolute atomic E-state index is 0.00681. The molecule has 0 aromatic rings. The number of nitrogens with one attached hydrogen (secondary N) is 1. The summed E-state index contributed by atoms with van der Waals surface area (Å²) in [7, 11) is 0. The first-order valence-electron chi connectivity index (χ1n) is 5.01. The lowest BCUT2D eigenvalue weighted by Crippen LogP contribution is -2.30. The van der Waals surface area contributed by atoms with Crippen LogP contribution in [0, 0.1) is 0 Å². The fourth-order valence-electron chi connectivity index (χ4n) is 1.53. The van der Waals surface area contributed by atoms with Gasteiger partial charge >= 0.3 is 5.97 Å². The molecule has 0 saturated carbocycles. The van der Waals surface area contributed by atoms with E-state index in [1.54, 1.807) is 20.8 Å². The molecular formula is C10H17F2NO2. The molecule has 1 unspecified atom stereocenters. The van der Waals surface area contributed by atoms with Crippen LogP contribution >= 0.6 is 0 Å². The predicted molar refractivity (Wildman–Crippen MR) is 51.8 cm³/mol. The van der Waals surface area contributed by atoms with E-state index in [4.69, 9.17) is 4.74 Å². The first-order valence-corrected chi connectivity index (χ1v) is 5.01. The molecule has 3 nitrogen and oxygen atoms in total. The van der Waals surface area contributed by atoms with E-state index in [0.29, 0.717) is 0 Å². The van der Waals surface area contributed by atoms with E-state index in [-0.39, 0.29) is 19.4 Å². The van der Waals surface area contributed by atoms with Gasteiger partial charge in [0.1, 0.15) is 5.60 Å². The van der Waals surface area contributed by atoms with Gasteiger partial charge in [0.2, 0.25) is 0 Å². The van der Waals surface area contributed by atoms with Crippen LogP contribution in [-0.4, -0.2) is 30.1 Å². The summed E-state index contributed by atoms with van der Waals surface area (Å²) in [6.45, 7) is 4.91. The third-order valence-electron chi connectivity index (χ3n) is 2.03. The van der Waals surface area contributed by atoms with Crippen LogP contribution in [0.3, 0.4) is 0 Å². The molecule has 0 aromatic heterocycles. The molecule has 1 fully saturated rings. The van der Waals surface area contributed by atoms with E-state index in [9.17, 15) is 13.6 Å². The highest BCUT2D eigenvalue weighted by molar-refractivity contribution is 5.70. The number of ether oxygens (including phenoxy) is 1. The number of alkyl halides is 2. The van der Waals surface area contributed by atoms with Crippen molar-refractivity contribution in [2.24, 2.45) is 0 Å². The lowest BCUT2D eigenvalue weighted by Gasteiger charge is -2.20. The number of esters is 1. The Morgan fingerprint density at radius 3 is 2.53 bits per heavy atom. The molecule has 88 valence electrons. The van der Waals surface area contributed by atoms with E-state index < -0.39 is 23.5 Å². The third kappa shape index (κ3) is 4.55. The highest BCUT2D eigenvalue weighted by Gasteiger charge is 2.40. The molecule has 1 saturated heterocycles. The molecule has 0 amide bonds. The van der Waals surface area contributed by atoms with Gasteiger partial charge < -0.3 is 10.1 Å². The normalized spacial score (nSPS) is 25.3. The molecule has 1 aliphatic rings. The van der Waals surface area contributed by atoms with Crippen molar-refractivity contribution in [3.05, 3.63) is 0 Å². The van der Waals surface area contributed by atoms with Crippen LogP contribution in [0.25, 0.3) is 0 Å². The highest BCUT2D eigenvalue weighted by atomic mass is 19.3. The lowest BCUT2D eigenvalue weighted by atomic mass is 10.1. The Labute approximate surface area is 88.2 Å². The van der Waals surface area contributed by atoms with Crippen LogP contribution in [0.1, 0.15) is 33.6 Å². The van der Waals surface area contributed by atoms with Crippen LogP contribution in [0.5, 0.6) is 0 Å². The third-order valence-corrected chi connectivity index (χ3v) is 2.03. The smallest absolute Gasteiger partial charge is 0.307 e. The standard InChI is InChI=1S/C10H17F2NO2/c1-9(2,3)15-8(14)4-7-5-10(11,12)6-13-7/h7,13H,4-6H2,1-3H3. The number of hydrogen-bond acceptors (Lipinski definition) is 3. The van der Waals surface area contributed by atoms with Crippen LogP contribution in [0.2, 0.25) is 0 Å². The summed E-state index contributed by atoms with van der Waals surface area (Å²) < 4.78 is 30.6. The highest BCUT2D eigenvalue weighted by Crippen LogP contribution is 2.26. The quantitative estimate of drug-likeness (QED) is 0.721. The molecule has 1 N–H and O–H groups in total. The summed E-state index contributed by atoms with van der Waals surface area (Å²) in [5, 5.41) is 2.61. The number of carbonyl (C=O) groups excluding carboxylic acids is 1. The van der Waals surface area contributed by atoms with E-state index in [2.05, 4.69) is 5.32 Å². The molecular weight excluding hydrogens is 204 g/mol.